The maximum atomic E-state index is 12.7. The standard InChI is InChI=1S/C19H25N3O3S/c1-12(2)14-5-7-15(8-6-14)13(3)20-19(23)18-16-11-26(24,25)10-9-17(16)22(4)21-18/h5-8,12-13H,9-11H2,1-4H3,(H,20,23)/t13-/m1/s1. The van der Waals surface area contributed by atoms with Gasteiger partial charge in [-0.1, -0.05) is 38.1 Å². The zero-order valence-electron chi connectivity index (χ0n) is 15.6. The molecule has 0 unspecified atom stereocenters. The normalized spacial score (nSPS) is 17.0. The van der Waals surface area contributed by atoms with Gasteiger partial charge >= 0.3 is 0 Å². The van der Waals surface area contributed by atoms with Crippen LogP contribution in [-0.2, 0) is 29.1 Å². The quantitative estimate of drug-likeness (QED) is 0.890. The smallest absolute Gasteiger partial charge is 0.272 e. The van der Waals surface area contributed by atoms with E-state index in [0.29, 0.717) is 17.9 Å². The number of amides is 1. The molecule has 1 aliphatic rings. The van der Waals surface area contributed by atoms with E-state index in [9.17, 15) is 13.2 Å². The highest BCUT2D eigenvalue weighted by Crippen LogP contribution is 2.24. The van der Waals surface area contributed by atoms with Crippen LogP contribution in [0.15, 0.2) is 24.3 Å². The van der Waals surface area contributed by atoms with Crippen LogP contribution in [0.25, 0.3) is 0 Å². The highest BCUT2D eigenvalue weighted by molar-refractivity contribution is 7.90. The Labute approximate surface area is 154 Å². The van der Waals surface area contributed by atoms with Crippen molar-refractivity contribution in [1.29, 1.82) is 0 Å². The molecule has 26 heavy (non-hydrogen) atoms. The van der Waals surface area contributed by atoms with E-state index in [1.807, 2.05) is 19.1 Å². The number of carbonyl (C=O) groups excluding carboxylic acids is 1. The second-order valence-corrected chi connectivity index (χ2v) is 9.44. The minimum Gasteiger partial charge on any atom is -0.344 e. The van der Waals surface area contributed by atoms with Crippen molar-refractivity contribution < 1.29 is 13.2 Å². The topological polar surface area (TPSA) is 81.1 Å². The summed E-state index contributed by atoms with van der Waals surface area (Å²) in [5.41, 5.74) is 3.84. The van der Waals surface area contributed by atoms with Crippen LogP contribution in [0.1, 0.15) is 65.6 Å². The van der Waals surface area contributed by atoms with Crippen molar-refractivity contribution in [2.45, 2.75) is 44.9 Å². The predicted octanol–water partition coefficient (Wildman–Crippen LogP) is 2.51. The Morgan fingerprint density at radius 3 is 2.38 bits per heavy atom. The first-order chi connectivity index (χ1) is 12.2. The molecule has 0 spiro atoms. The van der Waals surface area contributed by atoms with Gasteiger partial charge in [-0.2, -0.15) is 5.10 Å². The molecule has 1 aromatic carbocycles. The first-order valence-corrected chi connectivity index (χ1v) is 10.7. The number of nitrogens with one attached hydrogen (secondary N) is 1. The second-order valence-electron chi connectivity index (χ2n) is 7.26. The molecule has 0 saturated heterocycles. The van der Waals surface area contributed by atoms with Gasteiger partial charge in [-0.15, -0.1) is 0 Å². The molecule has 1 aromatic heterocycles. The van der Waals surface area contributed by atoms with E-state index in [4.69, 9.17) is 0 Å². The van der Waals surface area contributed by atoms with Crippen molar-refractivity contribution in [2.24, 2.45) is 7.05 Å². The minimum atomic E-state index is -3.17. The van der Waals surface area contributed by atoms with Gasteiger partial charge in [-0.25, -0.2) is 8.42 Å². The Morgan fingerprint density at radius 1 is 1.15 bits per heavy atom. The third-order valence-electron chi connectivity index (χ3n) is 4.95. The Balaban J connectivity index is 1.80. The molecule has 1 atom stereocenters. The van der Waals surface area contributed by atoms with E-state index in [2.05, 4.69) is 36.4 Å². The number of carbonyl (C=O) groups is 1. The monoisotopic (exact) mass is 375 g/mol. The Hall–Kier alpha value is -2.15. The lowest BCUT2D eigenvalue weighted by molar-refractivity contribution is 0.0933. The van der Waals surface area contributed by atoms with Gasteiger partial charge in [0.05, 0.1) is 17.5 Å². The molecule has 0 saturated carbocycles. The molecule has 7 heteroatoms. The number of hydrogen-bond acceptors (Lipinski definition) is 4. The fourth-order valence-electron chi connectivity index (χ4n) is 3.31. The maximum Gasteiger partial charge on any atom is 0.272 e. The highest BCUT2D eigenvalue weighted by Gasteiger charge is 2.30. The summed E-state index contributed by atoms with van der Waals surface area (Å²) < 4.78 is 25.5. The second kappa shape index (κ2) is 6.87. The fourth-order valence-corrected chi connectivity index (χ4v) is 4.70. The Kier molecular flexibility index (Phi) is 4.92. The molecule has 1 aliphatic heterocycles. The first kappa shape index (κ1) is 18.6. The number of aryl methyl sites for hydroxylation is 1. The van der Waals surface area contributed by atoms with Crippen molar-refractivity contribution >= 4 is 15.7 Å². The summed E-state index contributed by atoms with van der Waals surface area (Å²) in [4.78, 5) is 12.7. The summed E-state index contributed by atoms with van der Waals surface area (Å²) in [7, 11) is -1.41. The van der Waals surface area contributed by atoms with Crippen molar-refractivity contribution in [2.75, 3.05) is 5.75 Å². The molecule has 2 aromatic rings. The molecule has 1 N–H and O–H groups in total. The van der Waals surface area contributed by atoms with Gasteiger partial charge in [0.1, 0.15) is 0 Å². The van der Waals surface area contributed by atoms with Gasteiger partial charge < -0.3 is 5.32 Å². The van der Waals surface area contributed by atoms with Crippen LogP contribution in [0, 0.1) is 0 Å². The third-order valence-corrected chi connectivity index (χ3v) is 6.51. The number of sulfone groups is 1. The number of aromatic nitrogens is 2. The summed E-state index contributed by atoms with van der Waals surface area (Å²) in [6, 6.07) is 7.97. The first-order valence-electron chi connectivity index (χ1n) is 8.84. The average Bonchev–Trinajstić information content (AvgIpc) is 2.89. The van der Waals surface area contributed by atoms with Gasteiger partial charge in [-0.05, 0) is 24.0 Å². The summed E-state index contributed by atoms with van der Waals surface area (Å²) in [5.74, 6) is 0.116. The Bertz CT molecular complexity index is 928. The lowest BCUT2D eigenvalue weighted by Crippen LogP contribution is -2.29. The summed E-state index contributed by atoms with van der Waals surface area (Å²) in [6.45, 7) is 6.19. The zero-order valence-corrected chi connectivity index (χ0v) is 16.4. The Morgan fingerprint density at radius 2 is 1.77 bits per heavy atom. The molecule has 2 heterocycles. The van der Waals surface area contributed by atoms with Gasteiger partial charge in [-0.3, -0.25) is 9.48 Å². The lowest BCUT2D eigenvalue weighted by Gasteiger charge is -2.16. The van der Waals surface area contributed by atoms with E-state index in [-0.39, 0.29) is 29.1 Å². The molecule has 0 radical (unpaired) electrons. The van der Waals surface area contributed by atoms with Gasteiger partial charge in [0.25, 0.3) is 5.91 Å². The van der Waals surface area contributed by atoms with Crippen LogP contribution in [0.2, 0.25) is 0 Å². The van der Waals surface area contributed by atoms with Crippen LogP contribution >= 0.6 is 0 Å². The molecule has 1 amide bonds. The molecule has 0 aliphatic carbocycles. The third kappa shape index (κ3) is 3.67. The van der Waals surface area contributed by atoms with Crippen molar-refractivity contribution in [3.8, 4) is 0 Å². The van der Waals surface area contributed by atoms with Gasteiger partial charge in [0.2, 0.25) is 0 Å². The highest BCUT2D eigenvalue weighted by atomic mass is 32.2. The van der Waals surface area contributed by atoms with E-state index < -0.39 is 9.84 Å². The van der Waals surface area contributed by atoms with Crippen LogP contribution in [0.4, 0.5) is 0 Å². The van der Waals surface area contributed by atoms with Gasteiger partial charge in [0.15, 0.2) is 15.5 Å². The van der Waals surface area contributed by atoms with E-state index >= 15 is 0 Å². The van der Waals surface area contributed by atoms with Crippen molar-refractivity contribution in [1.82, 2.24) is 15.1 Å². The molecule has 0 bridgehead atoms. The van der Waals surface area contributed by atoms with Crippen LogP contribution in [0.5, 0.6) is 0 Å². The molecule has 6 nitrogen and oxygen atoms in total. The predicted molar refractivity (Wildman–Crippen MR) is 101 cm³/mol. The molecule has 3 rings (SSSR count). The summed E-state index contributed by atoms with van der Waals surface area (Å²) >= 11 is 0. The number of benzene rings is 1. The summed E-state index contributed by atoms with van der Waals surface area (Å²) in [6.07, 6.45) is 0.403. The van der Waals surface area contributed by atoms with Gasteiger partial charge in [0, 0.05) is 24.7 Å². The van der Waals surface area contributed by atoms with E-state index in [1.54, 1.807) is 11.7 Å². The van der Waals surface area contributed by atoms with E-state index in [0.717, 1.165) is 11.3 Å². The number of hydrogen-bond donors (Lipinski definition) is 1. The summed E-state index contributed by atoms with van der Waals surface area (Å²) in [5, 5.41) is 7.22. The van der Waals surface area contributed by atoms with Crippen molar-refractivity contribution in [3.05, 3.63) is 52.3 Å². The number of fused-ring (bicyclic) bond motifs is 1. The fraction of sp³-hybridized carbons (Fsp3) is 0.474. The number of rotatable bonds is 4. The maximum absolute atomic E-state index is 12.7. The van der Waals surface area contributed by atoms with Crippen LogP contribution in [-0.4, -0.2) is 29.9 Å². The lowest BCUT2D eigenvalue weighted by atomic mass is 9.99. The molecular weight excluding hydrogens is 350 g/mol. The minimum absolute atomic E-state index is 0.110. The van der Waals surface area contributed by atoms with Crippen LogP contribution < -0.4 is 5.32 Å². The SMILES string of the molecule is CC(C)c1ccc([C@@H](C)NC(=O)c2nn(C)c3c2CS(=O)(=O)CC3)cc1. The largest absolute Gasteiger partial charge is 0.344 e. The zero-order chi connectivity index (χ0) is 19.1. The molecule has 0 fully saturated rings. The average molecular weight is 375 g/mol. The van der Waals surface area contributed by atoms with E-state index in [1.165, 1.54) is 5.56 Å². The molecular formula is C19H25N3O3S. The number of nitrogens with zero attached hydrogens (tertiary/aromatic N) is 2. The van der Waals surface area contributed by atoms with Crippen LogP contribution in [0.3, 0.4) is 0 Å². The van der Waals surface area contributed by atoms with Crippen molar-refractivity contribution in [3.63, 3.8) is 0 Å². The molecule has 140 valence electrons.